The summed E-state index contributed by atoms with van der Waals surface area (Å²) in [6.07, 6.45) is 2.00. The minimum Gasteiger partial charge on any atom is -0.493 e. The number of hydrogen-bond acceptors (Lipinski definition) is 3. The van der Waals surface area contributed by atoms with Crippen molar-refractivity contribution in [2.24, 2.45) is 4.99 Å². The van der Waals surface area contributed by atoms with Crippen molar-refractivity contribution < 1.29 is 9.47 Å². The van der Waals surface area contributed by atoms with E-state index in [0.29, 0.717) is 6.61 Å². The number of fused-ring (bicyclic) bond motifs is 1. The highest BCUT2D eigenvalue weighted by Gasteiger charge is 2.11. The molecule has 0 amide bonds. The topological polar surface area (TPSA) is 54.9 Å². The lowest BCUT2D eigenvalue weighted by molar-refractivity contribution is 0.152. The number of aliphatic imine (C=N–C) groups is 1. The molecule has 1 aromatic carbocycles. The van der Waals surface area contributed by atoms with Crippen LogP contribution < -0.4 is 15.4 Å². The monoisotopic (exact) mass is 291 g/mol. The Bertz CT molecular complexity index is 475. The second kappa shape index (κ2) is 8.52. The maximum absolute atomic E-state index is 5.52. The molecule has 21 heavy (non-hydrogen) atoms. The summed E-state index contributed by atoms with van der Waals surface area (Å²) in [6.45, 7) is 5.87. The second-order valence-corrected chi connectivity index (χ2v) is 4.91. The lowest BCUT2D eigenvalue weighted by Crippen LogP contribution is -2.39. The highest BCUT2D eigenvalue weighted by atomic mass is 16.5. The van der Waals surface area contributed by atoms with Gasteiger partial charge in [-0.1, -0.05) is 12.1 Å². The van der Waals surface area contributed by atoms with Gasteiger partial charge in [-0.25, -0.2) is 0 Å². The van der Waals surface area contributed by atoms with E-state index < -0.39 is 0 Å². The molecule has 0 atom stereocenters. The molecule has 2 N–H and O–H groups in total. The highest BCUT2D eigenvalue weighted by Crippen LogP contribution is 2.25. The minimum absolute atomic E-state index is 0.696. The lowest BCUT2D eigenvalue weighted by atomic mass is 10.1. The van der Waals surface area contributed by atoms with Gasteiger partial charge in [-0.05, 0) is 30.5 Å². The van der Waals surface area contributed by atoms with Crippen LogP contribution in [-0.4, -0.2) is 45.9 Å². The molecule has 0 unspecified atom stereocenters. The zero-order chi connectivity index (χ0) is 14.9. The molecule has 0 saturated carbocycles. The molecule has 0 spiro atoms. The molecule has 1 heterocycles. The zero-order valence-corrected chi connectivity index (χ0v) is 12.9. The zero-order valence-electron chi connectivity index (χ0n) is 12.9. The smallest absolute Gasteiger partial charge is 0.191 e. The Morgan fingerprint density at radius 1 is 1.33 bits per heavy atom. The maximum Gasteiger partial charge on any atom is 0.191 e. The van der Waals surface area contributed by atoms with Crippen molar-refractivity contribution in [2.45, 2.75) is 19.8 Å². The second-order valence-electron chi connectivity index (χ2n) is 4.91. The average molecular weight is 291 g/mol. The third-order valence-corrected chi connectivity index (χ3v) is 3.43. The first kappa shape index (κ1) is 15.6. The van der Waals surface area contributed by atoms with Crippen LogP contribution in [0.2, 0.25) is 0 Å². The largest absolute Gasteiger partial charge is 0.493 e. The van der Waals surface area contributed by atoms with Crippen molar-refractivity contribution in [3.05, 3.63) is 29.3 Å². The van der Waals surface area contributed by atoms with Crippen LogP contribution in [0.25, 0.3) is 0 Å². The summed E-state index contributed by atoms with van der Waals surface area (Å²) in [6, 6.07) is 6.46. The third kappa shape index (κ3) is 4.93. The van der Waals surface area contributed by atoms with Gasteiger partial charge in [0.1, 0.15) is 5.75 Å². The van der Waals surface area contributed by atoms with Crippen molar-refractivity contribution in [1.29, 1.82) is 0 Å². The summed E-state index contributed by atoms with van der Waals surface area (Å²) in [5, 5.41) is 6.54. The van der Waals surface area contributed by atoms with E-state index in [4.69, 9.17) is 9.47 Å². The first-order valence-corrected chi connectivity index (χ1v) is 7.60. The summed E-state index contributed by atoms with van der Waals surface area (Å²) >= 11 is 0. The van der Waals surface area contributed by atoms with Crippen LogP contribution in [0.3, 0.4) is 0 Å². The molecule has 0 saturated heterocycles. The van der Waals surface area contributed by atoms with E-state index >= 15 is 0 Å². The van der Waals surface area contributed by atoms with E-state index in [2.05, 4.69) is 33.8 Å². The average Bonchev–Trinajstić information content (AvgIpc) is 2.97. The van der Waals surface area contributed by atoms with E-state index in [1.807, 2.05) is 6.92 Å². The van der Waals surface area contributed by atoms with Crippen LogP contribution >= 0.6 is 0 Å². The minimum atomic E-state index is 0.696. The Hall–Kier alpha value is -1.75. The summed E-state index contributed by atoms with van der Waals surface area (Å²) in [4.78, 5) is 4.19. The number of guanidine groups is 1. The predicted molar refractivity (Wildman–Crippen MR) is 85.2 cm³/mol. The van der Waals surface area contributed by atoms with Gasteiger partial charge in [0.2, 0.25) is 0 Å². The van der Waals surface area contributed by atoms with Crippen LogP contribution in [0.5, 0.6) is 5.75 Å². The molecule has 0 bridgehead atoms. The number of ether oxygens (including phenoxy) is 2. The van der Waals surface area contributed by atoms with Crippen LogP contribution in [0.15, 0.2) is 23.2 Å². The van der Waals surface area contributed by atoms with Gasteiger partial charge < -0.3 is 20.1 Å². The summed E-state index contributed by atoms with van der Waals surface area (Å²) in [5.41, 5.74) is 2.66. The standard InChI is InChI=1S/C16H25N3O2/c1-3-20-11-9-19-16(17-2)18-8-6-13-4-5-15-14(12-13)7-10-21-15/h4-5,12H,3,6-11H2,1-2H3,(H2,17,18,19). The number of nitrogens with one attached hydrogen (secondary N) is 2. The van der Waals surface area contributed by atoms with Gasteiger partial charge in [-0.15, -0.1) is 0 Å². The number of hydrogen-bond donors (Lipinski definition) is 2. The van der Waals surface area contributed by atoms with Crippen molar-refractivity contribution >= 4 is 5.96 Å². The van der Waals surface area contributed by atoms with Gasteiger partial charge in [0.25, 0.3) is 0 Å². The third-order valence-electron chi connectivity index (χ3n) is 3.43. The molecule has 0 radical (unpaired) electrons. The normalized spacial score (nSPS) is 13.7. The molecule has 116 valence electrons. The van der Waals surface area contributed by atoms with Crippen LogP contribution in [0, 0.1) is 0 Å². The van der Waals surface area contributed by atoms with E-state index in [1.54, 1.807) is 7.05 Å². The Balaban J connectivity index is 1.70. The van der Waals surface area contributed by atoms with Gasteiger partial charge >= 0.3 is 0 Å². The number of nitrogens with zero attached hydrogens (tertiary/aromatic N) is 1. The first-order chi connectivity index (χ1) is 10.3. The van der Waals surface area contributed by atoms with Crippen molar-refractivity contribution in [1.82, 2.24) is 10.6 Å². The molecule has 1 aliphatic heterocycles. The lowest BCUT2D eigenvalue weighted by Gasteiger charge is -2.12. The molecular weight excluding hydrogens is 266 g/mol. The van der Waals surface area contributed by atoms with Gasteiger partial charge in [0.15, 0.2) is 5.96 Å². The molecule has 0 aromatic heterocycles. The summed E-state index contributed by atoms with van der Waals surface area (Å²) < 4.78 is 10.8. The Kier molecular flexibility index (Phi) is 6.34. The van der Waals surface area contributed by atoms with Crippen molar-refractivity contribution in [3.63, 3.8) is 0 Å². The SMILES string of the molecule is CCOCCNC(=NC)NCCc1ccc2c(c1)CCO2. The number of benzene rings is 1. The van der Waals surface area contributed by atoms with E-state index in [-0.39, 0.29) is 0 Å². The highest BCUT2D eigenvalue weighted by molar-refractivity contribution is 5.79. The number of rotatable bonds is 7. The quantitative estimate of drug-likeness (QED) is 0.452. The fourth-order valence-electron chi connectivity index (χ4n) is 2.33. The maximum atomic E-state index is 5.52. The fourth-order valence-corrected chi connectivity index (χ4v) is 2.33. The van der Waals surface area contributed by atoms with E-state index in [1.165, 1.54) is 11.1 Å². The van der Waals surface area contributed by atoms with Gasteiger partial charge in [-0.3, -0.25) is 4.99 Å². The molecule has 5 heteroatoms. The van der Waals surface area contributed by atoms with E-state index in [0.717, 1.165) is 50.9 Å². The first-order valence-electron chi connectivity index (χ1n) is 7.60. The fraction of sp³-hybridized carbons (Fsp3) is 0.562. The Morgan fingerprint density at radius 3 is 3.00 bits per heavy atom. The van der Waals surface area contributed by atoms with Crippen molar-refractivity contribution in [3.8, 4) is 5.75 Å². The molecule has 0 aliphatic carbocycles. The van der Waals surface area contributed by atoms with Crippen molar-refractivity contribution in [2.75, 3.05) is 40.0 Å². The molecule has 0 fully saturated rings. The van der Waals surface area contributed by atoms with Crippen LogP contribution in [0.4, 0.5) is 0 Å². The molecule has 2 rings (SSSR count). The molecule has 1 aliphatic rings. The molecular formula is C16H25N3O2. The van der Waals surface area contributed by atoms with E-state index in [9.17, 15) is 0 Å². The molecule has 1 aromatic rings. The van der Waals surface area contributed by atoms with Gasteiger partial charge in [-0.2, -0.15) is 0 Å². The van der Waals surface area contributed by atoms with Crippen LogP contribution in [0.1, 0.15) is 18.1 Å². The van der Waals surface area contributed by atoms with Gasteiger partial charge in [0.05, 0.1) is 13.2 Å². The Labute approximate surface area is 126 Å². The predicted octanol–water partition coefficient (Wildman–Crippen LogP) is 1.37. The van der Waals surface area contributed by atoms with Crippen LogP contribution in [-0.2, 0) is 17.6 Å². The summed E-state index contributed by atoms with van der Waals surface area (Å²) in [5.74, 6) is 1.86. The molecule has 5 nitrogen and oxygen atoms in total. The Morgan fingerprint density at radius 2 is 2.19 bits per heavy atom. The van der Waals surface area contributed by atoms with Gasteiger partial charge in [0, 0.05) is 33.2 Å². The summed E-state index contributed by atoms with van der Waals surface area (Å²) in [7, 11) is 1.78.